The number of hydrogen-bond donors (Lipinski definition) is 3. The van der Waals surface area contributed by atoms with E-state index in [1.165, 1.54) is 0 Å². The zero-order valence-corrected chi connectivity index (χ0v) is 21.9. The van der Waals surface area contributed by atoms with Crippen molar-refractivity contribution in [2.24, 2.45) is 5.92 Å². The molecular weight excluding hydrogens is 496 g/mol. The van der Waals surface area contributed by atoms with Crippen LogP contribution in [-0.4, -0.2) is 55.8 Å². The molecule has 2 heterocycles. The SMILES string of the molecule is COC(=O)Nc1c(O)nc(-c2ccccc2)n(CC(=O)N[C@H](C(=O)c2nnc(C(C)(C)C)o2)C(C)C)c1=O. The van der Waals surface area contributed by atoms with E-state index in [-0.39, 0.29) is 23.5 Å². The largest absolute Gasteiger partial charge is 0.492 e. The first-order chi connectivity index (χ1) is 17.8. The third-order valence-corrected chi connectivity index (χ3v) is 5.44. The average Bonchev–Trinajstić information content (AvgIpc) is 3.37. The van der Waals surface area contributed by atoms with Crippen molar-refractivity contribution in [3.63, 3.8) is 0 Å². The number of carbonyl (C=O) groups is 3. The summed E-state index contributed by atoms with van der Waals surface area (Å²) in [6, 6.07) is 7.34. The Kier molecular flexibility index (Phi) is 8.29. The highest BCUT2D eigenvalue weighted by atomic mass is 16.5. The van der Waals surface area contributed by atoms with E-state index in [2.05, 4.69) is 30.6 Å². The van der Waals surface area contributed by atoms with Crippen molar-refractivity contribution in [2.45, 2.75) is 52.6 Å². The number of hydrogen-bond acceptors (Lipinski definition) is 10. The van der Waals surface area contributed by atoms with Gasteiger partial charge in [-0.15, -0.1) is 10.2 Å². The lowest BCUT2D eigenvalue weighted by Crippen LogP contribution is -2.46. The van der Waals surface area contributed by atoms with Crippen molar-refractivity contribution in [3.05, 3.63) is 52.5 Å². The van der Waals surface area contributed by atoms with Crippen LogP contribution in [0.25, 0.3) is 11.4 Å². The highest BCUT2D eigenvalue weighted by molar-refractivity contribution is 5.98. The van der Waals surface area contributed by atoms with Gasteiger partial charge in [-0.3, -0.25) is 24.3 Å². The van der Waals surface area contributed by atoms with Crippen LogP contribution in [0.15, 0.2) is 39.5 Å². The summed E-state index contributed by atoms with van der Waals surface area (Å²) in [5, 5.41) is 22.9. The fraction of sp³-hybridized carbons (Fsp3) is 0.400. The van der Waals surface area contributed by atoms with Crippen LogP contribution in [0.4, 0.5) is 10.5 Å². The minimum absolute atomic E-state index is 0.0298. The molecule has 1 atom stereocenters. The molecule has 0 aliphatic heterocycles. The first kappa shape index (κ1) is 28.0. The molecule has 38 heavy (non-hydrogen) atoms. The Balaban J connectivity index is 1.96. The summed E-state index contributed by atoms with van der Waals surface area (Å²) in [7, 11) is 1.08. The van der Waals surface area contributed by atoms with E-state index >= 15 is 0 Å². The zero-order valence-electron chi connectivity index (χ0n) is 21.9. The number of amides is 2. The molecule has 13 nitrogen and oxygen atoms in total. The summed E-state index contributed by atoms with van der Waals surface area (Å²) in [6.07, 6.45) is -1.01. The van der Waals surface area contributed by atoms with Gasteiger partial charge in [0.05, 0.1) is 13.2 Å². The summed E-state index contributed by atoms with van der Waals surface area (Å²) in [6.45, 7) is 8.44. The first-order valence-corrected chi connectivity index (χ1v) is 11.7. The Bertz CT molecular complexity index is 1390. The van der Waals surface area contributed by atoms with Gasteiger partial charge in [-0.25, -0.2) is 4.79 Å². The second-order valence-electron chi connectivity index (χ2n) is 9.82. The number of aromatic hydroxyl groups is 1. The second-order valence-corrected chi connectivity index (χ2v) is 9.82. The van der Waals surface area contributed by atoms with Gasteiger partial charge in [0.1, 0.15) is 12.4 Å². The predicted molar refractivity (Wildman–Crippen MR) is 136 cm³/mol. The minimum atomic E-state index is -1.04. The van der Waals surface area contributed by atoms with Crippen molar-refractivity contribution in [3.8, 4) is 17.3 Å². The summed E-state index contributed by atoms with van der Waals surface area (Å²) in [4.78, 5) is 55.3. The van der Waals surface area contributed by atoms with Crippen molar-refractivity contribution >= 4 is 23.5 Å². The highest BCUT2D eigenvalue weighted by Crippen LogP contribution is 2.24. The van der Waals surface area contributed by atoms with Gasteiger partial charge < -0.3 is 19.6 Å². The fourth-order valence-corrected chi connectivity index (χ4v) is 3.42. The quantitative estimate of drug-likeness (QED) is 0.369. The number of carbonyl (C=O) groups excluding carboxylic acids is 3. The Morgan fingerprint density at radius 2 is 1.79 bits per heavy atom. The number of nitrogens with one attached hydrogen (secondary N) is 2. The predicted octanol–water partition coefficient (Wildman–Crippen LogP) is 2.50. The maximum atomic E-state index is 13.3. The van der Waals surface area contributed by atoms with Crippen LogP contribution in [-0.2, 0) is 21.5 Å². The molecule has 1 aromatic carbocycles. The van der Waals surface area contributed by atoms with Crippen LogP contribution in [0.5, 0.6) is 5.88 Å². The number of aromatic nitrogens is 4. The third kappa shape index (κ3) is 6.22. The molecule has 0 unspecified atom stereocenters. The van der Waals surface area contributed by atoms with Crippen LogP contribution in [0.1, 0.15) is 51.2 Å². The van der Waals surface area contributed by atoms with Gasteiger partial charge in [0.25, 0.3) is 11.4 Å². The molecule has 0 fully saturated rings. The van der Waals surface area contributed by atoms with Crippen LogP contribution in [0.2, 0.25) is 0 Å². The van der Waals surface area contributed by atoms with E-state index in [1.54, 1.807) is 44.2 Å². The normalized spacial score (nSPS) is 12.2. The van der Waals surface area contributed by atoms with Crippen LogP contribution in [0.3, 0.4) is 0 Å². The molecule has 3 aromatic rings. The lowest BCUT2D eigenvalue weighted by atomic mass is 9.97. The molecule has 13 heteroatoms. The van der Waals surface area contributed by atoms with E-state index in [0.29, 0.717) is 5.56 Å². The van der Waals surface area contributed by atoms with Crippen LogP contribution in [0, 0.1) is 5.92 Å². The molecule has 0 radical (unpaired) electrons. The Morgan fingerprint density at radius 3 is 2.34 bits per heavy atom. The summed E-state index contributed by atoms with van der Waals surface area (Å²) in [5.41, 5.74) is -1.52. The Hall–Kier alpha value is -4.55. The van der Waals surface area contributed by atoms with Crippen molar-refractivity contribution in [1.82, 2.24) is 25.1 Å². The lowest BCUT2D eigenvalue weighted by molar-refractivity contribution is -0.122. The van der Waals surface area contributed by atoms with Gasteiger partial charge >= 0.3 is 6.09 Å². The molecule has 3 N–H and O–H groups in total. The van der Waals surface area contributed by atoms with Crippen molar-refractivity contribution in [2.75, 3.05) is 12.4 Å². The van der Waals surface area contributed by atoms with Gasteiger partial charge in [-0.2, -0.15) is 4.98 Å². The molecule has 2 aromatic heterocycles. The maximum absolute atomic E-state index is 13.3. The van der Waals surface area contributed by atoms with E-state index in [1.807, 2.05) is 20.8 Å². The Morgan fingerprint density at radius 1 is 1.13 bits per heavy atom. The minimum Gasteiger partial charge on any atom is -0.492 e. The molecule has 0 aliphatic rings. The van der Waals surface area contributed by atoms with Crippen LogP contribution < -0.4 is 16.2 Å². The molecule has 0 spiro atoms. The van der Waals surface area contributed by atoms with E-state index in [4.69, 9.17) is 4.42 Å². The zero-order chi connectivity index (χ0) is 28.2. The van der Waals surface area contributed by atoms with E-state index < -0.39 is 52.9 Å². The second kappa shape index (κ2) is 11.2. The molecule has 2 amide bonds. The summed E-state index contributed by atoms with van der Waals surface area (Å²) >= 11 is 0. The number of nitrogens with zero attached hydrogens (tertiary/aromatic N) is 4. The maximum Gasteiger partial charge on any atom is 0.411 e. The van der Waals surface area contributed by atoms with Gasteiger partial charge in [-0.1, -0.05) is 65.0 Å². The topological polar surface area (TPSA) is 179 Å². The molecule has 0 saturated heterocycles. The number of rotatable bonds is 8. The smallest absolute Gasteiger partial charge is 0.411 e. The fourth-order valence-electron chi connectivity index (χ4n) is 3.42. The monoisotopic (exact) mass is 526 g/mol. The van der Waals surface area contributed by atoms with Crippen molar-refractivity contribution in [1.29, 1.82) is 0 Å². The molecule has 3 rings (SSSR count). The number of ketones is 1. The van der Waals surface area contributed by atoms with Gasteiger partial charge in [0.15, 0.2) is 5.69 Å². The third-order valence-electron chi connectivity index (χ3n) is 5.44. The lowest BCUT2D eigenvalue weighted by Gasteiger charge is -2.21. The van der Waals surface area contributed by atoms with Gasteiger partial charge in [-0.05, 0) is 5.92 Å². The standard InChI is InChI=1S/C25H30N6O7/c1-13(2)16(18(33)21-29-30-23(38-21)25(3,4)5)26-15(32)12-31-19(14-10-8-7-9-11-14)28-20(34)17(22(31)35)27-24(36)37-6/h7-11,13,16,34H,12H2,1-6H3,(H,26,32)(H,27,36)/t16-/m0/s1. The molecular formula is C25H30N6O7. The van der Waals surface area contributed by atoms with Crippen molar-refractivity contribution < 1.29 is 28.6 Å². The number of ether oxygens (including phenoxy) is 1. The number of Topliss-reactive ketones (excluding diaryl/α,β-unsaturated/α-hetero) is 1. The summed E-state index contributed by atoms with van der Waals surface area (Å²) < 4.78 is 11.0. The van der Waals surface area contributed by atoms with Crippen LogP contribution >= 0.6 is 0 Å². The Labute approximate surface area is 218 Å². The molecule has 0 aliphatic carbocycles. The number of anilines is 1. The van der Waals surface area contributed by atoms with E-state index in [9.17, 15) is 24.3 Å². The number of methoxy groups -OCH3 is 1. The first-order valence-electron chi connectivity index (χ1n) is 11.7. The highest BCUT2D eigenvalue weighted by Gasteiger charge is 2.32. The van der Waals surface area contributed by atoms with E-state index in [0.717, 1.165) is 11.7 Å². The molecule has 202 valence electrons. The average molecular weight is 527 g/mol. The molecule has 0 saturated carbocycles. The summed E-state index contributed by atoms with van der Waals surface area (Å²) in [5.74, 6) is -2.40. The number of benzene rings is 1. The van der Waals surface area contributed by atoms with Gasteiger partial charge in [0, 0.05) is 11.0 Å². The van der Waals surface area contributed by atoms with Gasteiger partial charge in [0.2, 0.25) is 23.5 Å². The molecule has 0 bridgehead atoms.